The number of carboxylic acid groups (broad SMARTS) is 1. The van der Waals surface area contributed by atoms with Crippen LogP contribution in [0.3, 0.4) is 0 Å². The van der Waals surface area contributed by atoms with Crippen molar-refractivity contribution in [2.45, 2.75) is 117 Å². The molecule has 170 valence electrons. The lowest BCUT2D eigenvalue weighted by atomic mass is 9.98. The second-order valence-electron chi connectivity index (χ2n) is 8.91. The number of rotatable bonds is 19. The number of benzene rings is 1. The number of carboxylic acids is 1. The number of hydrogen-bond acceptors (Lipinski definition) is 2. The van der Waals surface area contributed by atoms with Crippen LogP contribution < -0.4 is 0 Å². The number of unbranched alkanes of at least 4 members (excludes halogenated alkanes) is 13. The van der Waals surface area contributed by atoms with Crippen molar-refractivity contribution < 1.29 is 14.7 Å². The van der Waals surface area contributed by atoms with Gasteiger partial charge in [0.05, 0.1) is 5.92 Å². The molecule has 0 aromatic heterocycles. The SMILES string of the molecule is CCCCCCCCCCCCCCCCc1ccc(C(=O)CC(C)C(=O)O)cc1. The fourth-order valence-electron chi connectivity index (χ4n) is 3.86. The number of aliphatic carboxylic acids is 1. The molecule has 0 bridgehead atoms. The number of aryl methyl sites for hydroxylation is 1. The quantitative estimate of drug-likeness (QED) is 0.183. The smallest absolute Gasteiger partial charge is 0.306 e. The van der Waals surface area contributed by atoms with Gasteiger partial charge in [-0.15, -0.1) is 0 Å². The van der Waals surface area contributed by atoms with Gasteiger partial charge in [0, 0.05) is 12.0 Å². The molecule has 1 rings (SSSR count). The van der Waals surface area contributed by atoms with Crippen LogP contribution in [0.1, 0.15) is 126 Å². The highest BCUT2D eigenvalue weighted by atomic mass is 16.4. The number of carbonyl (C=O) groups excluding carboxylic acids is 1. The zero-order valence-electron chi connectivity index (χ0n) is 19.5. The topological polar surface area (TPSA) is 54.4 Å². The molecule has 3 nitrogen and oxygen atoms in total. The van der Waals surface area contributed by atoms with Crippen LogP contribution in [0.4, 0.5) is 0 Å². The Morgan fingerprint density at radius 3 is 1.60 bits per heavy atom. The van der Waals surface area contributed by atoms with Crippen molar-refractivity contribution in [1.82, 2.24) is 0 Å². The van der Waals surface area contributed by atoms with Gasteiger partial charge in [0.25, 0.3) is 0 Å². The Balaban J connectivity index is 2.00. The monoisotopic (exact) mass is 416 g/mol. The standard InChI is InChI=1S/C27H44O3/c1-3-4-5-6-7-8-9-10-11-12-13-14-15-16-17-24-18-20-25(21-19-24)26(28)22-23(2)27(29)30/h18-21,23H,3-17,22H2,1-2H3,(H,29,30). The fraction of sp³-hybridized carbons (Fsp3) is 0.704. The maximum atomic E-state index is 12.1. The number of hydrogen-bond donors (Lipinski definition) is 1. The Morgan fingerprint density at radius 1 is 0.733 bits per heavy atom. The van der Waals surface area contributed by atoms with Gasteiger partial charge in [-0.3, -0.25) is 9.59 Å². The number of Topliss-reactive ketones (excluding diaryl/α,β-unsaturated/α-hetero) is 1. The van der Waals surface area contributed by atoms with Crippen molar-refractivity contribution in [1.29, 1.82) is 0 Å². The first-order chi connectivity index (χ1) is 14.5. The molecule has 0 aliphatic rings. The van der Waals surface area contributed by atoms with E-state index in [-0.39, 0.29) is 12.2 Å². The van der Waals surface area contributed by atoms with Gasteiger partial charge >= 0.3 is 5.97 Å². The Labute approximate surface area is 184 Å². The molecule has 0 aliphatic heterocycles. The molecule has 0 saturated carbocycles. The third-order valence-corrected chi connectivity index (χ3v) is 6.01. The Morgan fingerprint density at radius 2 is 1.17 bits per heavy atom. The largest absolute Gasteiger partial charge is 0.481 e. The summed E-state index contributed by atoms with van der Waals surface area (Å²) in [4.78, 5) is 23.0. The first-order valence-corrected chi connectivity index (χ1v) is 12.4. The zero-order valence-corrected chi connectivity index (χ0v) is 19.5. The van der Waals surface area contributed by atoms with Crippen molar-refractivity contribution in [3.63, 3.8) is 0 Å². The van der Waals surface area contributed by atoms with Crippen molar-refractivity contribution in [2.75, 3.05) is 0 Å². The molecule has 1 N–H and O–H groups in total. The second kappa shape index (κ2) is 17.1. The molecule has 1 unspecified atom stereocenters. The molecule has 0 saturated heterocycles. The van der Waals surface area contributed by atoms with Crippen LogP contribution in [0.25, 0.3) is 0 Å². The van der Waals surface area contributed by atoms with Gasteiger partial charge in [0.1, 0.15) is 0 Å². The van der Waals surface area contributed by atoms with Crippen molar-refractivity contribution in [3.05, 3.63) is 35.4 Å². The average molecular weight is 417 g/mol. The van der Waals surface area contributed by atoms with Crippen LogP contribution in [-0.2, 0) is 11.2 Å². The van der Waals surface area contributed by atoms with Gasteiger partial charge in [0.2, 0.25) is 0 Å². The Hall–Kier alpha value is -1.64. The molecule has 0 spiro atoms. The molecule has 0 aliphatic carbocycles. The molecular weight excluding hydrogens is 372 g/mol. The van der Waals surface area contributed by atoms with E-state index in [1.807, 2.05) is 24.3 Å². The van der Waals surface area contributed by atoms with E-state index in [4.69, 9.17) is 5.11 Å². The molecule has 0 radical (unpaired) electrons. The predicted octanol–water partition coefficient (Wildman–Crippen LogP) is 8.00. The fourth-order valence-corrected chi connectivity index (χ4v) is 3.86. The van der Waals surface area contributed by atoms with Gasteiger partial charge in [0.15, 0.2) is 5.78 Å². The number of ketones is 1. The summed E-state index contributed by atoms with van der Waals surface area (Å²) in [5.41, 5.74) is 1.88. The summed E-state index contributed by atoms with van der Waals surface area (Å²) in [7, 11) is 0. The summed E-state index contributed by atoms with van der Waals surface area (Å²) in [5.74, 6) is -1.64. The molecule has 1 atom stereocenters. The molecule has 3 heteroatoms. The summed E-state index contributed by atoms with van der Waals surface area (Å²) in [6, 6.07) is 7.72. The maximum absolute atomic E-state index is 12.1. The first-order valence-electron chi connectivity index (χ1n) is 12.4. The maximum Gasteiger partial charge on any atom is 0.306 e. The van der Waals surface area contributed by atoms with E-state index in [1.165, 1.54) is 95.5 Å². The lowest BCUT2D eigenvalue weighted by molar-refractivity contribution is -0.141. The number of carbonyl (C=O) groups is 2. The minimum atomic E-state index is -0.919. The first kappa shape index (κ1) is 26.4. The molecule has 1 aromatic rings. The highest BCUT2D eigenvalue weighted by molar-refractivity contribution is 5.97. The lowest BCUT2D eigenvalue weighted by Gasteiger charge is -2.07. The van der Waals surface area contributed by atoms with E-state index in [9.17, 15) is 9.59 Å². The van der Waals surface area contributed by atoms with Gasteiger partial charge in [-0.2, -0.15) is 0 Å². The van der Waals surface area contributed by atoms with E-state index >= 15 is 0 Å². The third kappa shape index (κ3) is 12.8. The predicted molar refractivity (Wildman–Crippen MR) is 126 cm³/mol. The van der Waals surface area contributed by atoms with Crippen LogP contribution in [0.2, 0.25) is 0 Å². The van der Waals surface area contributed by atoms with Crippen molar-refractivity contribution in [2.24, 2.45) is 5.92 Å². The summed E-state index contributed by atoms with van der Waals surface area (Å²) < 4.78 is 0. The molecule has 0 amide bonds. The van der Waals surface area contributed by atoms with E-state index in [0.29, 0.717) is 5.56 Å². The highest BCUT2D eigenvalue weighted by Gasteiger charge is 2.16. The summed E-state index contributed by atoms with van der Waals surface area (Å²) in [5, 5.41) is 8.93. The van der Waals surface area contributed by atoms with Crippen LogP contribution >= 0.6 is 0 Å². The molecule has 0 fully saturated rings. The second-order valence-corrected chi connectivity index (χ2v) is 8.91. The molecule has 0 heterocycles. The summed E-state index contributed by atoms with van der Waals surface area (Å²) in [6.07, 6.45) is 20.3. The molecule has 30 heavy (non-hydrogen) atoms. The van der Waals surface area contributed by atoms with Crippen molar-refractivity contribution in [3.8, 4) is 0 Å². The molecular formula is C27H44O3. The zero-order chi connectivity index (χ0) is 22.0. The third-order valence-electron chi connectivity index (χ3n) is 6.01. The lowest BCUT2D eigenvalue weighted by Crippen LogP contribution is -2.14. The Bertz CT molecular complexity index is 576. The van der Waals surface area contributed by atoms with Crippen LogP contribution in [-0.4, -0.2) is 16.9 Å². The van der Waals surface area contributed by atoms with Crippen LogP contribution in [0, 0.1) is 5.92 Å². The van der Waals surface area contributed by atoms with Gasteiger partial charge < -0.3 is 5.11 Å². The minimum absolute atomic E-state index is 0.0631. The van der Waals surface area contributed by atoms with E-state index < -0.39 is 11.9 Å². The minimum Gasteiger partial charge on any atom is -0.481 e. The van der Waals surface area contributed by atoms with Crippen molar-refractivity contribution >= 4 is 11.8 Å². The van der Waals surface area contributed by atoms with E-state index in [2.05, 4.69) is 6.92 Å². The Kier molecular flexibility index (Phi) is 15.0. The van der Waals surface area contributed by atoms with Gasteiger partial charge in [-0.25, -0.2) is 0 Å². The van der Waals surface area contributed by atoms with E-state index in [0.717, 1.165) is 6.42 Å². The van der Waals surface area contributed by atoms with Crippen LogP contribution in [0.5, 0.6) is 0 Å². The average Bonchev–Trinajstić information content (AvgIpc) is 2.74. The highest BCUT2D eigenvalue weighted by Crippen LogP contribution is 2.15. The molecule has 1 aromatic carbocycles. The summed E-state index contributed by atoms with van der Waals surface area (Å²) >= 11 is 0. The summed E-state index contributed by atoms with van der Waals surface area (Å²) in [6.45, 7) is 3.85. The normalized spacial score (nSPS) is 12.1. The van der Waals surface area contributed by atoms with Gasteiger partial charge in [-0.05, 0) is 18.4 Å². The van der Waals surface area contributed by atoms with E-state index in [1.54, 1.807) is 6.92 Å². The van der Waals surface area contributed by atoms with Gasteiger partial charge in [-0.1, -0.05) is 122 Å². The van der Waals surface area contributed by atoms with Crippen LogP contribution in [0.15, 0.2) is 24.3 Å².